The Labute approximate surface area is 157 Å². The van der Waals surface area contributed by atoms with Crippen LogP contribution in [-0.2, 0) is 6.54 Å². The second-order valence-corrected chi connectivity index (χ2v) is 6.65. The lowest BCUT2D eigenvalue weighted by molar-refractivity contribution is 0.0955. The average Bonchev–Trinajstić information content (AvgIpc) is 2.86. The summed E-state index contributed by atoms with van der Waals surface area (Å²) >= 11 is 1.13. The monoisotopic (exact) mass is 401 g/mol. The SMILES string of the molecule is Cc1cc(C)c2c(N)c(C(=O)NCc3cc(F)c(F)cc3F)sc2n1.Cl. The number of carbonyl (C=O) groups is 1. The summed E-state index contributed by atoms with van der Waals surface area (Å²) in [6.45, 7) is 3.42. The highest BCUT2D eigenvalue weighted by Gasteiger charge is 2.19. The van der Waals surface area contributed by atoms with Crippen LogP contribution in [0.15, 0.2) is 18.2 Å². The van der Waals surface area contributed by atoms with E-state index in [0.717, 1.165) is 22.6 Å². The zero-order valence-electron chi connectivity index (χ0n) is 13.8. The predicted molar refractivity (Wildman–Crippen MR) is 98.2 cm³/mol. The van der Waals surface area contributed by atoms with Crippen molar-refractivity contribution in [3.05, 3.63) is 57.3 Å². The lowest BCUT2D eigenvalue weighted by Gasteiger charge is -2.06. The molecule has 0 aliphatic heterocycles. The van der Waals surface area contributed by atoms with Gasteiger partial charge in [0.2, 0.25) is 0 Å². The molecule has 3 aromatic rings. The number of aromatic nitrogens is 1. The molecule has 0 bridgehead atoms. The summed E-state index contributed by atoms with van der Waals surface area (Å²) in [6, 6.07) is 3.03. The lowest BCUT2D eigenvalue weighted by atomic mass is 10.1. The minimum Gasteiger partial charge on any atom is -0.397 e. The van der Waals surface area contributed by atoms with E-state index < -0.39 is 23.4 Å². The summed E-state index contributed by atoms with van der Waals surface area (Å²) in [5.74, 6) is -3.92. The normalized spacial score (nSPS) is 10.7. The number of nitrogens with zero attached hydrogens (tertiary/aromatic N) is 1. The number of nitrogen functional groups attached to an aromatic ring is 1. The van der Waals surface area contributed by atoms with Gasteiger partial charge in [-0.3, -0.25) is 4.79 Å². The molecule has 0 aliphatic carbocycles. The van der Waals surface area contributed by atoms with Crippen LogP contribution in [0, 0.1) is 31.3 Å². The van der Waals surface area contributed by atoms with Crippen LogP contribution in [0.4, 0.5) is 18.9 Å². The highest BCUT2D eigenvalue weighted by Crippen LogP contribution is 2.34. The first-order valence-electron chi connectivity index (χ1n) is 7.35. The largest absolute Gasteiger partial charge is 0.397 e. The van der Waals surface area contributed by atoms with Gasteiger partial charge in [0.25, 0.3) is 5.91 Å². The molecule has 26 heavy (non-hydrogen) atoms. The molecule has 0 aliphatic rings. The quantitative estimate of drug-likeness (QED) is 0.644. The van der Waals surface area contributed by atoms with E-state index in [9.17, 15) is 18.0 Å². The van der Waals surface area contributed by atoms with Crippen LogP contribution in [0.25, 0.3) is 10.2 Å². The Hall–Kier alpha value is -2.32. The van der Waals surface area contributed by atoms with Crippen LogP contribution in [-0.4, -0.2) is 10.9 Å². The molecule has 1 aromatic carbocycles. The molecule has 3 rings (SSSR count). The number of anilines is 1. The first-order valence-corrected chi connectivity index (χ1v) is 8.17. The average molecular weight is 402 g/mol. The number of pyridine rings is 1. The lowest BCUT2D eigenvalue weighted by Crippen LogP contribution is -2.23. The van der Waals surface area contributed by atoms with Crippen molar-refractivity contribution < 1.29 is 18.0 Å². The van der Waals surface area contributed by atoms with Crippen molar-refractivity contribution >= 4 is 45.6 Å². The predicted octanol–water partition coefficient (Wildman–Crippen LogP) is 4.26. The zero-order chi connectivity index (χ0) is 18.3. The molecule has 3 N–H and O–H groups in total. The number of rotatable bonds is 3. The Bertz CT molecular complexity index is 1010. The number of nitrogens with one attached hydrogen (secondary N) is 1. The van der Waals surface area contributed by atoms with Gasteiger partial charge in [0, 0.05) is 29.3 Å². The molecule has 0 radical (unpaired) electrons. The van der Waals surface area contributed by atoms with Crippen molar-refractivity contribution in [1.29, 1.82) is 0 Å². The number of thiophene rings is 1. The summed E-state index contributed by atoms with van der Waals surface area (Å²) in [7, 11) is 0. The second-order valence-electron chi connectivity index (χ2n) is 5.65. The number of amides is 1. The number of halogens is 4. The molecule has 0 atom stereocenters. The highest BCUT2D eigenvalue weighted by molar-refractivity contribution is 7.21. The molecule has 0 spiro atoms. The van der Waals surface area contributed by atoms with Gasteiger partial charge in [-0.15, -0.1) is 23.7 Å². The summed E-state index contributed by atoms with van der Waals surface area (Å²) in [5, 5.41) is 3.18. The van der Waals surface area contributed by atoms with Gasteiger partial charge in [-0.2, -0.15) is 0 Å². The van der Waals surface area contributed by atoms with Gasteiger partial charge >= 0.3 is 0 Å². The van der Waals surface area contributed by atoms with Crippen molar-refractivity contribution in [2.24, 2.45) is 0 Å². The van der Waals surface area contributed by atoms with E-state index in [-0.39, 0.29) is 29.4 Å². The van der Waals surface area contributed by atoms with Crippen LogP contribution < -0.4 is 11.1 Å². The number of nitrogens with two attached hydrogens (primary N) is 1. The molecule has 138 valence electrons. The molecule has 0 unspecified atom stereocenters. The summed E-state index contributed by atoms with van der Waals surface area (Å²) in [4.78, 5) is 17.6. The van der Waals surface area contributed by atoms with Crippen LogP contribution in [0.5, 0.6) is 0 Å². The number of hydrogen-bond acceptors (Lipinski definition) is 4. The van der Waals surface area contributed by atoms with E-state index in [2.05, 4.69) is 10.3 Å². The van der Waals surface area contributed by atoms with E-state index >= 15 is 0 Å². The van der Waals surface area contributed by atoms with Crippen molar-refractivity contribution in [1.82, 2.24) is 10.3 Å². The van der Waals surface area contributed by atoms with Crippen molar-refractivity contribution in [3.63, 3.8) is 0 Å². The smallest absolute Gasteiger partial charge is 0.263 e. The zero-order valence-corrected chi connectivity index (χ0v) is 15.5. The first-order chi connectivity index (χ1) is 11.8. The Balaban J connectivity index is 0.00000243. The number of aryl methyl sites for hydroxylation is 2. The molecular weight excluding hydrogens is 387 g/mol. The number of hydrogen-bond donors (Lipinski definition) is 2. The van der Waals surface area contributed by atoms with Crippen molar-refractivity contribution in [2.45, 2.75) is 20.4 Å². The van der Waals surface area contributed by atoms with Crippen molar-refractivity contribution in [2.75, 3.05) is 5.73 Å². The fourth-order valence-electron chi connectivity index (χ4n) is 2.59. The van der Waals surface area contributed by atoms with Crippen LogP contribution in [0.3, 0.4) is 0 Å². The molecule has 0 saturated carbocycles. The van der Waals surface area contributed by atoms with Crippen LogP contribution in [0.2, 0.25) is 0 Å². The van der Waals surface area contributed by atoms with Gasteiger partial charge < -0.3 is 11.1 Å². The molecular formula is C17H15ClF3N3OS. The molecule has 9 heteroatoms. The molecule has 0 fully saturated rings. The maximum absolute atomic E-state index is 13.6. The van der Waals surface area contributed by atoms with Gasteiger partial charge in [-0.25, -0.2) is 18.2 Å². The fourth-order valence-corrected chi connectivity index (χ4v) is 3.73. The molecule has 4 nitrogen and oxygen atoms in total. The minimum atomic E-state index is -1.28. The van der Waals surface area contributed by atoms with Crippen LogP contribution >= 0.6 is 23.7 Å². The van der Waals surface area contributed by atoms with Crippen molar-refractivity contribution in [3.8, 4) is 0 Å². The van der Waals surface area contributed by atoms with Gasteiger partial charge in [-0.05, 0) is 31.5 Å². The molecule has 2 aromatic heterocycles. The van der Waals surface area contributed by atoms with E-state index in [1.807, 2.05) is 19.9 Å². The van der Waals surface area contributed by atoms with E-state index in [1.54, 1.807) is 0 Å². The third-order valence-corrected chi connectivity index (χ3v) is 4.86. The van der Waals surface area contributed by atoms with Gasteiger partial charge in [0.05, 0.1) is 5.69 Å². The first kappa shape index (κ1) is 20.0. The highest BCUT2D eigenvalue weighted by atomic mass is 35.5. The third-order valence-electron chi connectivity index (χ3n) is 3.76. The standard InChI is InChI=1S/C17H14F3N3OS.ClH/c1-7-3-8(2)23-17-13(7)14(21)15(25-17)16(24)22-6-9-4-11(19)12(20)5-10(9)18;/h3-5H,6,21H2,1-2H3,(H,22,24);1H. The van der Waals surface area contributed by atoms with Gasteiger partial charge in [0.15, 0.2) is 11.6 Å². The summed E-state index contributed by atoms with van der Waals surface area (Å²) in [5.41, 5.74) is 7.92. The van der Waals surface area contributed by atoms with Gasteiger partial charge in [0.1, 0.15) is 15.5 Å². The summed E-state index contributed by atoms with van der Waals surface area (Å²) in [6.07, 6.45) is 0. The Morgan fingerprint density at radius 3 is 2.50 bits per heavy atom. The van der Waals surface area contributed by atoms with E-state index in [4.69, 9.17) is 5.73 Å². The molecule has 2 heterocycles. The maximum atomic E-state index is 13.6. The molecule has 0 saturated heterocycles. The van der Waals surface area contributed by atoms with Gasteiger partial charge in [-0.1, -0.05) is 0 Å². The number of fused-ring (bicyclic) bond motifs is 1. The minimum absolute atomic E-state index is 0. The Kier molecular flexibility index (Phi) is 5.77. The topological polar surface area (TPSA) is 68.0 Å². The number of carbonyl (C=O) groups excluding carboxylic acids is 1. The van der Waals surface area contributed by atoms with E-state index in [0.29, 0.717) is 28.0 Å². The third kappa shape index (κ3) is 3.61. The number of benzene rings is 1. The Morgan fingerprint density at radius 1 is 1.15 bits per heavy atom. The summed E-state index contributed by atoms with van der Waals surface area (Å²) < 4.78 is 39.8. The fraction of sp³-hybridized carbons (Fsp3) is 0.176. The van der Waals surface area contributed by atoms with Crippen LogP contribution in [0.1, 0.15) is 26.5 Å². The Morgan fingerprint density at radius 2 is 1.81 bits per heavy atom. The maximum Gasteiger partial charge on any atom is 0.263 e. The second kappa shape index (κ2) is 7.51. The molecule has 1 amide bonds. The van der Waals surface area contributed by atoms with E-state index in [1.165, 1.54) is 0 Å².